The van der Waals surface area contributed by atoms with Gasteiger partial charge in [0, 0.05) is 15.4 Å². The normalized spacial score (nSPS) is 12.4. The highest BCUT2D eigenvalue weighted by atomic mass is 79.9. The van der Waals surface area contributed by atoms with Gasteiger partial charge in [0.25, 0.3) is 5.56 Å². The Kier molecular flexibility index (Phi) is 7.26. The van der Waals surface area contributed by atoms with Crippen molar-refractivity contribution in [3.63, 3.8) is 0 Å². The largest absolute Gasteiger partial charge is 0.489 e. The van der Waals surface area contributed by atoms with Gasteiger partial charge in [-0.15, -0.1) is 0 Å². The zero-order chi connectivity index (χ0) is 23.4. The van der Waals surface area contributed by atoms with Gasteiger partial charge >= 0.3 is 0 Å². The summed E-state index contributed by atoms with van der Waals surface area (Å²) in [7, 11) is 0. The van der Waals surface area contributed by atoms with Gasteiger partial charge in [0.1, 0.15) is 18.2 Å². The first-order valence-corrected chi connectivity index (χ1v) is 11.9. The smallest absolute Gasteiger partial charge is 0.282 e. The van der Waals surface area contributed by atoms with Gasteiger partial charge in [-0.05, 0) is 72.1 Å². The van der Waals surface area contributed by atoms with Crippen LogP contribution in [0, 0.1) is 0 Å². The van der Waals surface area contributed by atoms with Crippen molar-refractivity contribution in [3.05, 3.63) is 104 Å². The number of hydrogen-bond acceptors (Lipinski definition) is 4. The van der Waals surface area contributed by atoms with E-state index in [4.69, 9.17) is 21.3 Å². The number of fused-ring (bicyclic) bond motifs is 1. The van der Waals surface area contributed by atoms with Crippen molar-refractivity contribution < 1.29 is 4.74 Å². The lowest BCUT2D eigenvalue weighted by molar-refractivity contribution is 0.306. The van der Waals surface area contributed by atoms with Crippen LogP contribution < -0.4 is 10.3 Å². The molecule has 0 saturated heterocycles. The van der Waals surface area contributed by atoms with Crippen LogP contribution in [0.4, 0.5) is 0 Å². The van der Waals surface area contributed by atoms with E-state index in [9.17, 15) is 4.79 Å². The van der Waals surface area contributed by atoms with Crippen molar-refractivity contribution >= 4 is 44.6 Å². The number of hydrogen-bond donors (Lipinski definition) is 0. The maximum Gasteiger partial charge on any atom is 0.282 e. The number of halogens is 2. The lowest BCUT2D eigenvalue weighted by Gasteiger charge is -2.14. The maximum atomic E-state index is 13.2. The molecule has 3 aromatic carbocycles. The molecule has 168 valence electrons. The highest BCUT2D eigenvalue weighted by Gasteiger charge is 2.15. The Bertz CT molecular complexity index is 1350. The fourth-order valence-corrected chi connectivity index (χ4v) is 3.79. The Morgan fingerprint density at radius 2 is 1.85 bits per heavy atom. The van der Waals surface area contributed by atoms with Gasteiger partial charge in [0.05, 0.1) is 17.1 Å². The zero-order valence-corrected chi connectivity index (χ0v) is 20.7. The summed E-state index contributed by atoms with van der Waals surface area (Å²) < 4.78 is 8.08. The molecule has 0 aliphatic heterocycles. The topological polar surface area (TPSA) is 56.5 Å². The van der Waals surface area contributed by atoms with E-state index in [1.807, 2.05) is 67.6 Å². The Morgan fingerprint density at radius 3 is 2.55 bits per heavy atom. The molecule has 1 heterocycles. The van der Waals surface area contributed by atoms with Crippen LogP contribution in [-0.2, 0) is 6.61 Å². The van der Waals surface area contributed by atoms with E-state index >= 15 is 0 Å². The molecule has 4 aromatic rings. The Morgan fingerprint density at radius 1 is 1.12 bits per heavy atom. The van der Waals surface area contributed by atoms with Gasteiger partial charge in [0.2, 0.25) is 0 Å². The molecule has 0 radical (unpaired) electrons. The number of benzene rings is 3. The molecule has 0 spiro atoms. The van der Waals surface area contributed by atoms with Crippen LogP contribution in [-0.4, -0.2) is 15.9 Å². The molecule has 0 aliphatic carbocycles. The number of rotatable bonds is 7. The summed E-state index contributed by atoms with van der Waals surface area (Å²) in [6.45, 7) is 4.57. The molecule has 1 atom stereocenters. The van der Waals surface area contributed by atoms with Gasteiger partial charge in [0.15, 0.2) is 0 Å². The van der Waals surface area contributed by atoms with Crippen LogP contribution >= 0.6 is 27.5 Å². The van der Waals surface area contributed by atoms with Gasteiger partial charge in [-0.1, -0.05) is 53.5 Å². The molecule has 1 aromatic heterocycles. The molecule has 5 nitrogen and oxygen atoms in total. The third-order valence-corrected chi connectivity index (χ3v) is 6.15. The second kappa shape index (κ2) is 10.3. The summed E-state index contributed by atoms with van der Waals surface area (Å²) in [5.74, 6) is 1.49. The SMILES string of the molecule is CC[C@H](C)c1nc2ccc(Br)cc2c(=O)n1N=Cc1ccc(OCc2ccc(Cl)cc2)cc1. The van der Waals surface area contributed by atoms with Crippen molar-refractivity contribution in [3.8, 4) is 5.75 Å². The molecule has 0 N–H and O–H groups in total. The Balaban J connectivity index is 1.57. The fraction of sp³-hybridized carbons (Fsp3) is 0.192. The summed E-state index contributed by atoms with van der Waals surface area (Å²) in [6.07, 6.45) is 2.52. The van der Waals surface area contributed by atoms with Gasteiger partial charge in [-0.3, -0.25) is 4.79 Å². The minimum absolute atomic E-state index is 0.0894. The van der Waals surface area contributed by atoms with Crippen LogP contribution in [0.1, 0.15) is 43.1 Å². The molecule has 33 heavy (non-hydrogen) atoms. The van der Waals surface area contributed by atoms with E-state index in [1.165, 1.54) is 4.68 Å². The van der Waals surface area contributed by atoms with Crippen molar-refractivity contribution in [2.75, 3.05) is 0 Å². The molecular weight excluding hydrogens is 502 g/mol. The first kappa shape index (κ1) is 23.2. The first-order chi connectivity index (χ1) is 15.9. The van der Waals surface area contributed by atoms with Crippen LogP contribution in [0.5, 0.6) is 5.75 Å². The van der Waals surface area contributed by atoms with Gasteiger partial charge in [-0.25, -0.2) is 4.98 Å². The number of ether oxygens (including phenoxy) is 1. The second-order valence-corrected chi connectivity index (χ2v) is 9.14. The monoisotopic (exact) mass is 523 g/mol. The van der Waals surface area contributed by atoms with Crippen LogP contribution in [0.3, 0.4) is 0 Å². The quantitative estimate of drug-likeness (QED) is 0.250. The van der Waals surface area contributed by atoms with Crippen LogP contribution in [0.15, 0.2) is 81.1 Å². The summed E-state index contributed by atoms with van der Waals surface area (Å²) in [5, 5.41) is 5.73. The Hall–Kier alpha value is -2.96. The third-order valence-electron chi connectivity index (χ3n) is 5.41. The summed E-state index contributed by atoms with van der Waals surface area (Å²) in [4.78, 5) is 17.9. The Labute approximate surface area is 205 Å². The molecule has 0 bridgehead atoms. The van der Waals surface area contributed by atoms with Crippen molar-refractivity contribution in [2.24, 2.45) is 5.10 Å². The van der Waals surface area contributed by atoms with E-state index < -0.39 is 0 Å². The number of aromatic nitrogens is 2. The highest BCUT2D eigenvalue weighted by molar-refractivity contribution is 9.10. The average Bonchev–Trinajstić information content (AvgIpc) is 2.83. The summed E-state index contributed by atoms with van der Waals surface area (Å²) >= 11 is 9.35. The summed E-state index contributed by atoms with van der Waals surface area (Å²) in [6, 6.07) is 20.6. The van der Waals surface area contributed by atoms with E-state index in [0.29, 0.717) is 28.4 Å². The van der Waals surface area contributed by atoms with Gasteiger partial charge < -0.3 is 4.74 Å². The van der Waals surface area contributed by atoms with E-state index in [2.05, 4.69) is 28.0 Å². The molecular formula is C26H23BrClN3O2. The molecule has 0 saturated carbocycles. The minimum atomic E-state index is -0.184. The van der Waals surface area contributed by atoms with Crippen LogP contribution in [0.2, 0.25) is 5.02 Å². The summed E-state index contributed by atoms with van der Waals surface area (Å²) in [5.41, 5.74) is 2.38. The molecule has 0 unspecified atom stereocenters. The maximum absolute atomic E-state index is 13.2. The third kappa shape index (κ3) is 5.52. The standard InChI is InChI=1S/C26H23BrClN3O2/c1-3-17(2)25-30-24-13-8-20(27)14-23(24)26(32)31(25)29-15-18-6-11-22(12-7-18)33-16-19-4-9-21(28)10-5-19/h4-15,17H,3,16H2,1-2H3/t17-/m0/s1. The molecule has 0 aliphatic rings. The van der Waals surface area contributed by atoms with Gasteiger partial charge in [-0.2, -0.15) is 9.78 Å². The molecule has 0 fully saturated rings. The van der Waals surface area contributed by atoms with Crippen molar-refractivity contribution in [2.45, 2.75) is 32.8 Å². The van der Waals surface area contributed by atoms with Crippen LogP contribution in [0.25, 0.3) is 10.9 Å². The lowest BCUT2D eigenvalue weighted by Crippen LogP contribution is -2.23. The van der Waals surface area contributed by atoms with Crippen molar-refractivity contribution in [1.29, 1.82) is 0 Å². The first-order valence-electron chi connectivity index (χ1n) is 10.7. The number of nitrogens with zero attached hydrogens (tertiary/aromatic N) is 3. The van der Waals surface area contributed by atoms with Crippen molar-refractivity contribution in [1.82, 2.24) is 9.66 Å². The van der Waals surface area contributed by atoms with E-state index in [1.54, 1.807) is 12.3 Å². The molecule has 0 amide bonds. The average molecular weight is 525 g/mol. The molecule has 7 heteroatoms. The lowest BCUT2D eigenvalue weighted by atomic mass is 10.1. The molecule has 4 rings (SSSR count). The fourth-order valence-electron chi connectivity index (χ4n) is 3.30. The van der Waals surface area contributed by atoms with E-state index in [0.717, 1.165) is 27.8 Å². The predicted octanol–water partition coefficient (Wildman–Crippen LogP) is 6.79. The zero-order valence-electron chi connectivity index (χ0n) is 18.3. The predicted molar refractivity (Wildman–Crippen MR) is 138 cm³/mol. The highest BCUT2D eigenvalue weighted by Crippen LogP contribution is 2.21. The second-order valence-electron chi connectivity index (χ2n) is 7.79. The van der Waals surface area contributed by atoms with E-state index in [-0.39, 0.29) is 11.5 Å². The minimum Gasteiger partial charge on any atom is -0.489 e.